The highest BCUT2D eigenvalue weighted by molar-refractivity contribution is 7.92. The average Bonchev–Trinajstić information content (AvgIpc) is 2.18. The molecule has 3 N–H and O–H groups in total. The summed E-state index contributed by atoms with van der Waals surface area (Å²) in [5, 5.41) is 0. The first kappa shape index (κ1) is 14.6. The molecule has 0 saturated carbocycles. The Kier molecular flexibility index (Phi) is 4.44. The number of sulfonamides is 1. The molecule has 1 aromatic rings. The van der Waals surface area contributed by atoms with E-state index >= 15 is 0 Å². The van der Waals surface area contributed by atoms with Crippen LogP contribution in [0.1, 0.15) is 12.8 Å². The highest BCUT2D eigenvalue weighted by Gasteiger charge is 2.27. The van der Waals surface area contributed by atoms with E-state index in [0.717, 1.165) is 0 Å². The van der Waals surface area contributed by atoms with Gasteiger partial charge in [0.1, 0.15) is 0 Å². The lowest BCUT2D eigenvalue weighted by Gasteiger charge is -2.10. The quantitative estimate of drug-likeness (QED) is 0.814. The predicted molar refractivity (Wildman–Crippen MR) is 63.6 cm³/mol. The van der Waals surface area contributed by atoms with Gasteiger partial charge in [0.05, 0.1) is 17.1 Å². The molecule has 18 heavy (non-hydrogen) atoms. The molecule has 0 spiro atoms. The lowest BCUT2D eigenvalue weighted by atomic mass is 10.3. The Labute approximate surface area is 103 Å². The summed E-state index contributed by atoms with van der Waals surface area (Å²) in [6, 6.07) is 6.13. The number of hydrogen-bond donors (Lipinski definition) is 2. The molecule has 0 heterocycles. The molecule has 8 heteroatoms. The van der Waals surface area contributed by atoms with Gasteiger partial charge in [-0.05, 0) is 18.6 Å². The summed E-state index contributed by atoms with van der Waals surface area (Å²) in [4.78, 5) is 0. The maximum atomic E-state index is 11.9. The monoisotopic (exact) mass is 282 g/mol. The number of rotatable bonds is 5. The molecule has 0 aromatic heterocycles. The molecule has 1 aromatic carbocycles. The van der Waals surface area contributed by atoms with Gasteiger partial charge in [-0.25, -0.2) is 8.42 Å². The molecule has 0 radical (unpaired) electrons. The number of halogens is 3. The van der Waals surface area contributed by atoms with Crippen LogP contribution in [0.25, 0.3) is 0 Å². The van der Waals surface area contributed by atoms with Crippen molar-refractivity contribution in [3.63, 3.8) is 0 Å². The van der Waals surface area contributed by atoms with Crippen molar-refractivity contribution in [2.24, 2.45) is 0 Å². The third-order valence-corrected chi connectivity index (χ3v) is 3.46. The van der Waals surface area contributed by atoms with Gasteiger partial charge in [-0.3, -0.25) is 4.72 Å². The van der Waals surface area contributed by atoms with Crippen molar-refractivity contribution >= 4 is 21.4 Å². The van der Waals surface area contributed by atoms with E-state index in [-0.39, 0.29) is 11.4 Å². The van der Waals surface area contributed by atoms with Crippen LogP contribution in [-0.4, -0.2) is 20.3 Å². The van der Waals surface area contributed by atoms with E-state index in [2.05, 4.69) is 4.72 Å². The fraction of sp³-hybridized carbons (Fsp3) is 0.400. The molecule has 0 aliphatic heterocycles. The van der Waals surface area contributed by atoms with Crippen molar-refractivity contribution in [2.75, 3.05) is 16.2 Å². The number of benzene rings is 1. The molecule has 0 aliphatic carbocycles. The summed E-state index contributed by atoms with van der Waals surface area (Å²) in [7, 11) is -3.81. The molecular weight excluding hydrogens is 269 g/mol. The summed E-state index contributed by atoms with van der Waals surface area (Å²) in [6.07, 6.45) is -5.95. The minimum atomic E-state index is -4.35. The Hall–Kier alpha value is -1.44. The van der Waals surface area contributed by atoms with Crippen molar-refractivity contribution < 1.29 is 21.6 Å². The van der Waals surface area contributed by atoms with E-state index in [4.69, 9.17) is 5.73 Å². The molecule has 102 valence electrons. The largest absolute Gasteiger partial charge is 0.397 e. The Morgan fingerprint density at radius 3 is 2.39 bits per heavy atom. The van der Waals surface area contributed by atoms with E-state index in [1.165, 1.54) is 12.1 Å². The second kappa shape index (κ2) is 5.47. The number of nitrogen functional groups attached to an aromatic ring is 1. The Morgan fingerprint density at radius 1 is 1.22 bits per heavy atom. The molecular formula is C10H13F3N2O2S. The number of alkyl halides is 3. The standard InChI is InChI=1S/C10H13F3N2O2S/c11-10(12,13)6-3-7-18(16,17)15-9-5-2-1-4-8(9)14/h1-2,4-5,15H,3,6-7,14H2. The van der Waals surface area contributed by atoms with Crippen LogP contribution in [0.5, 0.6) is 0 Å². The zero-order chi connectivity index (χ0) is 13.8. The van der Waals surface area contributed by atoms with E-state index < -0.39 is 34.8 Å². The van der Waals surface area contributed by atoms with Gasteiger partial charge in [0.25, 0.3) is 0 Å². The number of anilines is 2. The van der Waals surface area contributed by atoms with Gasteiger partial charge in [-0.1, -0.05) is 12.1 Å². The Balaban J connectivity index is 2.58. The molecule has 0 bridgehead atoms. The van der Waals surface area contributed by atoms with Crippen LogP contribution < -0.4 is 10.5 Å². The fourth-order valence-electron chi connectivity index (χ4n) is 1.27. The van der Waals surface area contributed by atoms with E-state index in [0.29, 0.717) is 0 Å². The highest BCUT2D eigenvalue weighted by atomic mass is 32.2. The Bertz CT molecular complexity index is 500. The topological polar surface area (TPSA) is 72.2 Å². The lowest BCUT2D eigenvalue weighted by molar-refractivity contribution is -0.134. The first-order valence-corrected chi connectivity index (χ1v) is 6.76. The van der Waals surface area contributed by atoms with Crippen LogP contribution in [0.4, 0.5) is 24.5 Å². The van der Waals surface area contributed by atoms with Gasteiger partial charge in [-0.15, -0.1) is 0 Å². The Morgan fingerprint density at radius 2 is 1.83 bits per heavy atom. The smallest absolute Gasteiger partial charge is 0.389 e. The lowest BCUT2D eigenvalue weighted by Crippen LogP contribution is -2.19. The molecule has 0 aliphatic rings. The first-order chi connectivity index (χ1) is 8.20. The molecule has 0 unspecified atom stereocenters. The maximum Gasteiger partial charge on any atom is 0.389 e. The fourth-order valence-corrected chi connectivity index (χ4v) is 2.42. The maximum absolute atomic E-state index is 11.9. The predicted octanol–water partition coefficient (Wildman–Crippen LogP) is 2.35. The number of hydrogen-bond acceptors (Lipinski definition) is 3. The zero-order valence-electron chi connectivity index (χ0n) is 9.37. The second-order valence-electron chi connectivity index (χ2n) is 3.73. The van der Waals surface area contributed by atoms with Crippen LogP contribution in [0.15, 0.2) is 24.3 Å². The SMILES string of the molecule is Nc1ccccc1NS(=O)(=O)CCCC(F)(F)F. The van der Waals surface area contributed by atoms with Gasteiger partial charge in [0.2, 0.25) is 10.0 Å². The molecule has 0 amide bonds. The molecule has 0 fully saturated rings. The number of nitrogens with one attached hydrogen (secondary N) is 1. The molecule has 1 rings (SSSR count). The van der Waals surface area contributed by atoms with Gasteiger partial charge < -0.3 is 5.73 Å². The van der Waals surface area contributed by atoms with E-state index in [1.54, 1.807) is 12.1 Å². The van der Waals surface area contributed by atoms with Crippen LogP contribution in [0.3, 0.4) is 0 Å². The molecule has 0 saturated heterocycles. The minimum Gasteiger partial charge on any atom is -0.397 e. The van der Waals surface area contributed by atoms with Gasteiger partial charge >= 0.3 is 6.18 Å². The van der Waals surface area contributed by atoms with E-state index in [1.807, 2.05) is 0 Å². The molecule has 0 atom stereocenters. The first-order valence-electron chi connectivity index (χ1n) is 5.11. The summed E-state index contributed by atoms with van der Waals surface area (Å²) in [6.45, 7) is 0. The number of nitrogens with two attached hydrogens (primary N) is 1. The van der Waals surface area contributed by atoms with Gasteiger partial charge in [0.15, 0.2) is 0 Å². The highest BCUT2D eigenvalue weighted by Crippen LogP contribution is 2.23. The van der Waals surface area contributed by atoms with Gasteiger partial charge in [-0.2, -0.15) is 13.2 Å². The van der Waals surface area contributed by atoms with Crippen LogP contribution in [0.2, 0.25) is 0 Å². The second-order valence-corrected chi connectivity index (χ2v) is 5.57. The van der Waals surface area contributed by atoms with Crippen LogP contribution in [0, 0.1) is 0 Å². The summed E-state index contributed by atoms with van der Waals surface area (Å²) in [5.74, 6) is -0.596. The summed E-state index contributed by atoms with van der Waals surface area (Å²) < 4.78 is 60.8. The number of para-hydroxylation sites is 2. The average molecular weight is 282 g/mol. The summed E-state index contributed by atoms with van der Waals surface area (Å²) in [5.41, 5.74) is 5.91. The third kappa shape index (κ3) is 5.26. The van der Waals surface area contributed by atoms with Crippen molar-refractivity contribution in [3.05, 3.63) is 24.3 Å². The molecule has 4 nitrogen and oxygen atoms in total. The minimum absolute atomic E-state index is 0.171. The van der Waals surface area contributed by atoms with Crippen LogP contribution in [-0.2, 0) is 10.0 Å². The van der Waals surface area contributed by atoms with Crippen molar-refractivity contribution in [2.45, 2.75) is 19.0 Å². The van der Waals surface area contributed by atoms with Crippen LogP contribution >= 0.6 is 0 Å². The van der Waals surface area contributed by atoms with Crippen molar-refractivity contribution in [1.29, 1.82) is 0 Å². The van der Waals surface area contributed by atoms with Crippen molar-refractivity contribution in [3.8, 4) is 0 Å². The summed E-state index contributed by atoms with van der Waals surface area (Å²) >= 11 is 0. The normalized spacial score (nSPS) is 12.4. The van der Waals surface area contributed by atoms with Crippen molar-refractivity contribution in [1.82, 2.24) is 0 Å². The third-order valence-electron chi connectivity index (χ3n) is 2.10. The van der Waals surface area contributed by atoms with E-state index in [9.17, 15) is 21.6 Å². The zero-order valence-corrected chi connectivity index (χ0v) is 10.2. The van der Waals surface area contributed by atoms with Gasteiger partial charge in [0, 0.05) is 6.42 Å².